The van der Waals surface area contributed by atoms with Gasteiger partial charge in [0.2, 0.25) is 0 Å². The van der Waals surface area contributed by atoms with Gasteiger partial charge in [-0.05, 0) is 0 Å². The number of aryl methyl sites for hydroxylation is 1. The number of rotatable bonds is 4. The fraction of sp³-hybridized carbons (Fsp3) is 0.158. The van der Waals surface area contributed by atoms with Crippen molar-refractivity contribution in [3.8, 4) is 0 Å². The average molecular weight is 474 g/mol. The van der Waals surface area contributed by atoms with Crippen molar-refractivity contribution in [2.24, 2.45) is 4.99 Å². The van der Waals surface area contributed by atoms with E-state index < -0.39 is 11.7 Å². The van der Waals surface area contributed by atoms with Crippen LogP contribution in [0.4, 0.5) is 18.9 Å². The number of hydrogen-bond donors (Lipinski definition) is 0. The Labute approximate surface area is 172 Å². The van der Waals surface area contributed by atoms with E-state index in [4.69, 9.17) is 11.6 Å². The van der Waals surface area contributed by atoms with Gasteiger partial charge >= 0.3 is 172 Å². The van der Waals surface area contributed by atoms with Gasteiger partial charge in [-0.25, -0.2) is 0 Å². The van der Waals surface area contributed by atoms with Crippen molar-refractivity contribution in [3.05, 3.63) is 80.8 Å². The number of aliphatic imine (C=N–C) groups is 1. The monoisotopic (exact) mass is 474 g/mol. The summed E-state index contributed by atoms with van der Waals surface area (Å²) in [5, 5.41) is 3.60. The van der Waals surface area contributed by atoms with Crippen LogP contribution in [0, 0.1) is 6.92 Å². The first-order valence-electron chi connectivity index (χ1n) is 7.90. The zero-order valence-electron chi connectivity index (χ0n) is 14.1. The van der Waals surface area contributed by atoms with Crippen LogP contribution in [0.2, 0.25) is 5.02 Å². The van der Waals surface area contributed by atoms with E-state index in [-0.39, 0.29) is 0 Å². The first-order valence-corrected chi connectivity index (χ1v) is 10.0. The Balaban J connectivity index is 1.87. The molecule has 0 saturated heterocycles. The molecule has 140 valence electrons. The SMILES string of the molecule is Cc1csc(C([Se-])=Nc2ccc(C(F)(F)F)cc2)[n+]1Cc1ccc(Cl)cc1. The molecule has 0 unspecified atom stereocenters. The third-order valence-electron chi connectivity index (χ3n) is 3.87. The van der Waals surface area contributed by atoms with Crippen LogP contribution in [-0.2, 0) is 12.7 Å². The van der Waals surface area contributed by atoms with Crippen LogP contribution in [0.15, 0.2) is 58.9 Å². The summed E-state index contributed by atoms with van der Waals surface area (Å²) in [6.07, 6.45) is -4.35. The molecule has 8 heteroatoms. The van der Waals surface area contributed by atoms with E-state index in [9.17, 15) is 13.2 Å². The Kier molecular flexibility index (Phi) is 6.06. The molecule has 3 rings (SSSR count). The molecular weight excluding hydrogens is 460 g/mol. The molecule has 2 aromatic carbocycles. The van der Waals surface area contributed by atoms with Crippen LogP contribution in [0.25, 0.3) is 0 Å². The second-order valence-corrected chi connectivity index (χ2v) is 7.96. The van der Waals surface area contributed by atoms with Gasteiger partial charge in [0.15, 0.2) is 0 Å². The Morgan fingerprint density at radius 1 is 1.11 bits per heavy atom. The molecule has 0 fully saturated rings. The maximum atomic E-state index is 12.7. The van der Waals surface area contributed by atoms with Crippen molar-refractivity contribution in [1.82, 2.24) is 0 Å². The molecule has 0 saturated carbocycles. The van der Waals surface area contributed by atoms with Crippen LogP contribution in [0.5, 0.6) is 0 Å². The first kappa shape index (κ1) is 20.1. The Morgan fingerprint density at radius 2 is 1.74 bits per heavy atom. The number of hydrogen-bond acceptors (Lipinski definition) is 2. The zero-order chi connectivity index (χ0) is 19.6. The molecule has 0 bridgehead atoms. The van der Waals surface area contributed by atoms with Crippen molar-refractivity contribution < 1.29 is 17.7 Å². The van der Waals surface area contributed by atoms with Crippen molar-refractivity contribution in [3.63, 3.8) is 0 Å². The number of aromatic nitrogens is 1. The molecule has 0 radical (unpaired) electrons. The predicted molar refractivity (Wildman–Crippen MR) is 103 cm³/mol. The van der Waals surface area contributed by atoms with Crippen LogP contribution in [-0.4, -0.2) is 20.6 Å². The Bertz CT molecular complexity index is 964. The predicted octanol–water partition coefficient (Wildman–Crippen LogP) is 5.31. The van der Waals surface area contributed by atoms with Crippen LogP contribution in [0.3, 0.4) is 0 Å². The van der Waals surface area contributed by atoms with Gasteiger partial charge in [0.05, 0.1) is 0 Å². The van der Waals surface area contributed by atoms with Crippen molar-refractivity contribution in [1.29, 1.82) is 0 Å². The number of benzene rings is 2. The van der Waals surface area contributed by atoms with Gasteiger partial charge in [-0.3, -0.25) is 0 Å². The number of thiazole rings is 1. The van der Waals surface area contributed by atoms with Crippen LogP contribution >= 0.6 is 22.9 Å². The van der Waals surface area contributed by atoms with Gasteiger partial charge < -0.3 is 0 Å². The van der Waals surface area contributed by atoms with Gasteiger partial charge in [-0.15, -0.1) is 0 Å². The summed E-state index contributed by atoms with van der Waals surface area (Å²) < 4.78 is 40.8. The van der Waals surface area contributed by atoms with Gasteiger partial charge in [-0.1, -0.05) is 0 Å². The fourth-order valence-electron chi connectivity index (χ4n) is 2.45. The molecule has 3 aromatic rings. The molecule has 0 N–H and O–H groups in total. The quantitative estimate of drug-likeness (QED) is 0.277. The fourth-order valence-corrected chi connectivity index (χ4v) is 4.23. The van der Waals surface area contributed by atoms with Gasteiger partial charge in [-0.2, -0.15) is 0 Å². The molecule has 0 aliphatic heterocycles. The van der Waals surface area contributed by atoms with E-state index >= 15 is 0 Å². The molecular formula is C19H14ClF3N2SSe. The molecule has 27 heavy (non-hydrogen) atoms. The summed E-state index contributed by atoms with van der Waals surface area (Å²) in [6, 6.07) is 12.4. The summed E-state index contributed by atoms with van der Waals surface area (Å²) >= 11 is 10.4. The Morgan fingerprint density at radius 3 is 2.33 bits per heavy atom. The molecule has 1 aromatic heterocycles. The maximum absolute atomic E-state index is 12.7. The second kappa shape index (κ2) is 8.15. The van der Waals surface area contributed by atoms with E-state index in [0.29, 0.717) is 21.9 Å². The first-order chi connectivity index (χ1) is 12.7. The second-order valence-electron chi connectivity index (χ2n) is 5.86. The normalized spacial score (nSPS) is 12.4. The van der Waals surface area contributed by atoms with E-state index in [1.165, 1.54) is 23.5 Å². The van der Waals surface area contributed by atoms with Crippen molar-refractivity contribution in [2.45, 2.75) is 19.6 Å². The van der Waals surface area contributed by atoms with Gasteiger partial charge in [0.1, 0.15) is 0 Å². The summed E-state index contributed by atoms with van der Waals surface area (Å²) in [7, 11) is 0. The van der Waals surface area contributed by atoms with Crippen molar-refractivity contribution in [2.75, 3.05) is 0 Å². The number of nitrogens with zero attached hydrogens (tertiary/aromatic N) is 2. The minimum absolute atomic E-state index is 0.459. The number of halogens is 4. The molecule has 0 amide bonds. The van der Waals surface area contributed by atoms with E-state index in [1.807, 2.05) is 36.6 Å². The molecule has 0 aliphatic rings. The third kappa shape index (κ3) is 4.99. The minimum atomic E-state index is -4.35. The molecule has 0 aliphatic carbocycles. The topological polar surface area (TPSA) is 16.2 Å². The van der Waals surface area contributed by atoms with Gasteiger partial charge in [0.25, 0.3) is 0 Å². The average Bonchev–Trinajstić information content (AvgIpc) is 2.97. The van der Waals surface area contributed by atoms with Crippen LogP contribution < -0.4 is 4.57 Å². The van der Waals surface area contributed by atoms with Gasteiger partial charge in [0, 0.05) is 0 Å². The Hall–Kier alpha value is -1.66. The van der Waals surface area contributed by atoms with Crippen LogP contribution in [0.1, 0.15) is 21.8 Å². The van der Waals surface area contributed by atoms with E-state index in [0.717, 1.165) is 28.4 Å². The molecule has 0 spiro atoms. The standard InChI is InChI=1S/C19H14ClF3N2SSe/c1-12-11-26-18(25(12)10-13-2-6-15(20)7-3-13)17(27)24-16-8-4-14(5-9-16)19(21,22)23/h2-9,11H,10H2,1H3. The molecule has 1 heterocycles. The molecule has 2 nitrogen and oxygen atoms in total. The van der Waals surface area contributed by atoms with E-state index in [2.05, 4.69) is 25.6 Å². The van der Waals surface area contributed by atoms with E-state index in [1.54, 1.807) is 0 Å². The summed E-state index contributed by atoms with van der Waals surface area (Å²) in [5.41, 5.74) is 1.93. The number of alkyl halides is 3. The zero-order valence-corrected chi connectivity index (χ0v) is 17.4. The summed E-state index contributed by atoms with van der Waals surface area (Å²) in [4.78, 5) is 4.44. The molecule has 0 atom stereocenters. The third-order valence-corrected chi connectivity index (χ3v) is 6.11. The summed E-state index contributed by atoms with van der Waals surface area (Å²) in [5.74, 6) is 0. The van der Waals surface area contributed by atoms with Crippen molar-refractivity contribution >= 4 is 49.2 Å². The summed E-state index contributed by atoms with van der Waals surface area (Å²) in [6.45, 7) is 2.65.